The van der Waals surface area contributed by atoms with Crippen LogP contribution in [0.15, 0.2) is 59.5 Å². The molecule has 0 unspecified atom stereocenters. The third-order valence-corrected chi connectivity index (χ3v) is 5.26. The predicted molar refractivity (Wildman–Crippen MR) is 109 cm³/mol. The van der Waals surface area contributed by atoms with Gasteiger partial charge in [0.15, 0.2) is 0 Å². The lowest BCUT2D eigenvalue weighted by Crippen LogP contribution is -2.49. The molecule has 0 bridgehead atoms. The van der Waals surface area contributed by atoms with E-state index >= 15 is 0 Å². The largest absolute Gasteiger partial charge is 0.339 e. The fraction of sp³-hybridized carbons (Fsp3) is 0.318. The molecule has 1 fully saturated rings. The first-order chi connectivity index (χ1) is 13.6. The average Bonchev–Trinajstić information content (AvgIpc) is 2.71. The fourth-order valence-corrected chi connectivity index (χ4v) is 3.69. The molecule has 0 aliphatic carbocycles. The van der Waals surface area contributed by atoms with Crippen molar-refractivity contribution in [2.24, 2.45) is 0 Å². The molecule has 1 aromatic heterocycles. The van der Waals surface area contributed by atoms with E-state index in [2.05, 4.69) is 41.2 Å². The second kappa shape index (κ2) is 7.94. The Labute approximate surface area is 164 Å². The predicted octanol–water partition coefficient (Wildman–Crippen LogP) is 2.05. The van der Waals surface area contributed by atoms with Gasteiger partial charge < -0.3 is 4.90 Å². The Bertz CT molecular complexity index is 1050. The van der Waals surface area contributed by atoms with Crippen LogP contribution >= 0.6 is 0 Å². The van der Waals surface area contributed by atoms with E-state index in [-0.39, 0.29) is 18.0 Å². The van der Waals surface area contributed by atoms with Crippen molar-refractivity contribution in [2.75, 3.05) is 26.2 Å². The Balaban J connectivity index is 1.37. The van der Waals surface area contributed by atoms with E-state index < -0.39 is 0 Å². The van der Waals surface area contributed by atoms with Gasteiger partial charge in [0.2, 0.25) is 5.91 Å². The van der Waals surface area contributed by atoms with E-state index in [1.54, 1.807) is 12.3 Å². The standard InChI is InChI=1S/C22H24N4O2/c1-17-5-4-6-18(13-17)15-24-9-11-25(12-10-24)21(27)16-26-22(28)20-8-3-2-7-19(20)14-23-26/h2-8,13-14H,9-12,15-16H2,1H3. The molecule has 0 N–H and O–H groups in total. The van der Waals surface area contributed by atoms with Gasteiger partial charge in [0, 0.05) is 38.1 Å². The van der Waals surface area contributed by atoms with Crippen LogP contribution in [0.2, 0.25) is 0 Å². The molecule has 2 heterocycles. The number of rotatable bonds is 4. The molecule has 6 heteroatoms. The van der Waals surface area contributed by atoms with Crippen molar-refractivity contribution in [3.63, 3.8) is 0 Å². The van der Waals surface area contributed by atoms with Crippen LogP contribution in [0.1, 0.15) is 11.1 Å². The first-order valence-corrected chi connectivity index (χ1v) is 9.61. The van der Waals surface area contributed by atoms with Crippen LogP contribution in [0, 0.1) is 6.92 Å². The molecule has 1 saturated heterocycles. The van der Waals surface area contributed by atoms with Gasteiger partial charge in [-0.05, 0) is 18.6 Å². The van der Waals surface area contributed by atoms with E-state index in [4.69, 9.17) is 0 Å². The number of hydrogen-bond acceptors (Lipinski definition) is 4. The first-order valence-electron chi connectivity index (χ1n) is 9.61. The van der Waals surface area contributed by atoms with Gasteiger partial charge in [-0.2, -0.15) is 5.10 Å². The van der Waals surface area contributed by atoms with Crippen molar-refractivity contribution in [2.45, 2.75) is 20.0 Å². The smallest absolute Gasteiger partial charge is 0.275 e. The number of nitrogens with zero attached hydrogens (tertiary/aromatic N) is 4. The maximum Gasteiger partial charge on any atom is 0.275 e. The molecule has 0 spiro atoms. The van der Waals surface area contributed by atoms with Crippen LogP contribution in [-0.2, 0) is 17.9 Å². The topological polar surface area (TPSA) is 58.4 Å². The average molecular weight is 376 g/mol. The van der Waals surface area contributed by atoms with Crippen molar-refractivity contribution >= 4 is 16.7 Å². The number of fused-ring (bicyclic) bond motifs is 1. The summed E-state index contributed by atoms with van der Waals surface area (Å²) in [6, 6.07) is 15.8. The maximum absolute atomic E-state index is 12.7. The fourth-order valence-electron chi connectivity index (χ4n) is 3.69. The van der Waals surface area contributed by atoms with Gasteiger partial charge in [-0.25, -0.2) is 4.68 Å². The molecule has 28 heavy (non-hydrogen) atoms. The first kappa shape index (κ1) is 18.4. The van der Waals surface area contributed by atoms with Crippen LogP contribution < -0.4 is 5.56 Å². The molecule has 3 aromatic rings. The Hall–Kier alpha value is -2.99. The van der Waals surface area contributed by atoms with E-state index in [9.17, 15) is 9.59 Å². The van der Waals surface area contributed by atoms with Crippen LogP contribution in [0.25, 0.3) is 10.8 Å². The summed E-state index contributed by atoms with van der Waals surface area (Å²) in [5.41, 5.74) is 2.34. The third-order valence-electron chi connectivity index (χ3n) is 5.26. The highest BCUT2D eigenvalue weighted by molar-refractivity contribution is 5.81. The number of carbonyl (C=O) groups excluding carboxylic acids is 1. The minimum atomic E-state index is -0.218. The number of piperazine rings is 1. The number of carbonyl (C=O) groups is 1. The zero-order valence-corrected chi connectivity index (χ0v) is 16.0. The van der Waals surface area contributed by atoms with Gasteiger partial charge in [-0.15, -0.1) is 0 Å². The number of amides is 1. The summed E-state index contributed by atoms with van der Waals surface area (Å²) in [7, 11) is 0. The Morgan fingerprint density at radius 3 is 2.61 bits per heavy atom. The Morgan fingerprint density at radius 1 is 1.04 bits per heavy atom. The SMILES string of the molecule is Cc1cccc(CN2CCN(C(=O)Cn3ncc4ccccc4c3=O)CC2)c1. The van der Waals surface area contributed by atoms with Crippen LogP contribution in [-0.4, -0.2) is 51.7 Å². The summed E-state index contributed by atoms with van der Waals surface area (Å²) in [6.45, 7) is 6.00. The van der Waals surface area contributed by atoms with Gasteiger partial charge in [0.1, 0.15) is 6.54 Å². The minimum absolute atomic E-state index is 0.0124. The molecule has 1 amide bonds. The molecule has 0 atom stereocenters. The molecule has 1 aliphatic rings. The summed E-state index contributed by atoms with van der Waals surface area (Å²) in [4.78, 5) is 29.4. The molecule has 2 aromatic carbocycles. The Kier molecular flexibility index (Phi) is 5.21. The molecule has 4 rings (SSSR count). The monoisotopic (exact) mass is 376 g/mol. The molecule has 0 radical (unpaired) electrons. The van der Waals surface area contributed by atoms with Crippen molar-refractivity contribution in [3.8, 4) is 0 Å². The number of aromatic nitrogens is 2. The summed E-state index contributed by atoms with van der Waals surface area (Å²) >= 11 is 0. The number of benzene rings is 2. The third kappa shape index (κ3) is 3.97. The Morgan fingerprint density at radius 2 is 1.82 bits per heavy atom. The van der Waals surface area contributed by atoms with E-state index in [0.29, 0.717) is 18.5 Å². The maximum atomic E-state index is 12.7. The summed E-state index contributed by atoms with van der Waals surface area (Å²) < 4.78 is 1.27. The summed E-state index contributed by atoms with van der Waals surface area (Å²) in [5.74, 6) is -0.0555. The number of hydrogen-bond donors (Lipinski definition) is 0. The summed E-state index contributed by atoms with van der Waals surface area (Å²) in [5, 5.41) is 5.55. The molecular weight excluding hydrogens is 352 g/mol. The van der Waals surface area contributed by atoms with Crippen molar-refractivity contribution < 1.29 is 4.79 Å². The molecule has 6 nitrogen and oxygen atoms in total. The van der Waals surface area contributed by atoms with Gasteiger partial charge in [0.05, 0.1) is 11.6 Å². The van der Waals surface area contributed by atoms with E-state index in [1.165, 1.54) is 15.8 Å². The van der Waals surface area contributed by atoms with Crippen LogP contribution in [0.3, 0.4) is 0 Å². The van der Waals surface area contributed by atoms with Crippen LogP contribution in [0.5, 0.6) is 0 Å². The molecule has 144 valence electrons. The summed E-state index contributed by atoms with van der Waals surface area (Å²) in [6.07, 6.45) is 1.64. The minimum Gasteiger partial charge on any atom is -0.339 e. The van der Waals surface area contributed by atoms with Gasteiger partial charge in [-0.1, -0.05) is 48.0 Å². The normalized spacial score (nSPS) is 15.1. The zero-order chi connectivity index (χ0) is 19.5. The van der Waals surface area contributed by atoms with E-state index in [1.807, 2.05) is 23.1 Å². The highest BCUT2D eigenvalue weighted by Crippen LogP contribution is 2.11. The quantitative estimate of drug-likeness (QED) is 0.699. The zero-order valence-electron chi connectivity index (χ0n) is 16.0. The van der Waals surface area contributed by atoms with Gasteiger partial charge >= 0.3 is 0 Å². The van der Waals surface area contributed by atoms with E-state index in [0.717, 1.165) is 25.0 Å². The van der Waals surface area contributed by atoms with Crippen molar-refractivity contribution in [1.29, 1.82) is 0 Å². The van der Waals surface area contributed by atoms with Gasteiger partial charge in [0.25, 0.3) is 5.56 Å². The lowest BCUT2D eigenvalue weighted by Gasteiger charge is -2.34. The molecule has 1 aliphatic heterocycles. The lowest BCUT2D eigenvalue weighted by atomic mass is 10.1. The van der Waals surface area contributed by atoms with Gasteiger partial charge in [-0.3, -0.25) is 14.5 Å². The number of aryl methyl sites for hydroxylation is 1. The molecule has 0 saturated carbocycles. The second-order valence-electron chi connectivity index (χ2n) is 7.34. The highest BCUT2D eigenvalue weighted by Gasteiger charge is 2.22. The van der Waals surface area contributed by atoms with Crippen LogP contribution in [0.4, 0.5) is 0 Å². The van der Waals surface area contributed by atoms with Crippen molar-refractivity contribution in [3.05, 3.63) is 76.2 Å². The highest BCUT2D eigenvalue weighted by atomic mass is 16.2. The lowest BCUT2D eigenvalue weighted by molar-refractivity contribution is -0.133. The van der Waals surface area contributed by atoms with Crippen molar-refractivity contribution in [1.82, 2.24) is 19.6 Å². The second-order valence-corrected chi connectivity index (χ2v) is 7.34. The molecular formula is C22H24N4O2.